The summed E-state index contributed by atoms with van der Waals surface area (Å²) in [6.45, 7) is 8.17. The number of hydrogen-bond donors (Lipinski definition) is 2. The van der Waals surface area contributed by atoms with Crippen LogP contribution in [0.25, 0.3) is 0 Å². The molecule has 6 heteroatoms. The van der Waals surface area contributed by atoms with Crippen molar-refractivity contribution in [3.63, 3.8) is 0 Å². The minimum Gasteiger partial charge on any atom is -0.328 e. The summed E-state index contributed by atoms with van der Waals surface area (Å²) in [4.78, 5) is 16.3. The van der Waals surface area contributed by atoms with E-state index in [0.29, 0.717) is 18.8 Å². The fourth-order valence-corrected chi connectivity index (χ4v) is 2.50. The molecule has 0 aliphatic rings. The molecule has 0 fully saturated rings. The Morgan fingerprint density at radius 1 is 1.42 bits per heavy atom. The highest BCUT2D eigenvalue weighted by Crippen LogP contribution is 2.26. The lowest BCUT2D eigenvalue weighted by Gasteiger charge is -2.08. The zero-order valence-electron chi connectivity index (χ0n) is 12.0. The van der Waals surface area contributed by atoms with Crippen LogP contribution < -0.4 is 11.1 Å². The molecule has 0 aliphatic heterocycles. The zero-order valence-corrected chi connectivity index (χ0v) is 13.7. The van der Waals surface area contributed by atoms with E-state index in [1.807, 2.05) is 13.8 Å². The number of carbonyl (C=O) groups is 1. The van der Waals surface area contributed by atoms with E-state index in [4.69, 9.17) is 5.73 Å². The maximum atomic E-state index is 11.8. The van der Waals surface area contributed by atoms with E-state index in [9.17, 15) is 4.79 Å². The van der Waals surface area contributed by atoms with Gasteiger partial charge in [0, 0.05) is 12.5 Å². The Labute approximate surface area is 125 Å². The van der Waals surface area contributed by atoms with Gasteiger partial charge < -0.3 is 11.1 Å². The quantitative estimate of drug-likeness (QED) is 0.848. The average Bonchev–Trinajstić information content (AvgIpc) is 2.55. The van der Waals surface area contributed by atoms with Gasteiger partial charge in [0.15, 0.2) is 0 Å². The Kier molecular flexibility index (Phi) is 8.22. The van der Waals surface area contributed by atoms with E-state index in [1.54, 1.807) is 11.3 Å². The molecule has 0 radical (unpaired) electrons. The monoisotopic (exact) mass is 305 g/mol. The number of halogens is 1. The molecule has 0 saturated heterocycles. The van der Waals surface area contributed by atoms with Crippen molar-refractivity contribution in [3.8, 4) is 0 Å². The Hall–Kier alpha value is -0.650. The molecular formula is C13H24ClN3OS. The molecule has 3 N–H and O–H groups in total. The summed E-state index contributed by atoms with van der Waals surface area (Å²) in [7, 11) is 0. The second-order valence-corrected chi connectivity index (χ2v) is 6.37. The predicted molar refractivity (Wildman–Crippen MR) is 84.2 cm³/mol. The van der Waals surface area contributed by atoms with Crippen molar-refractivity contribution in [2.75, 3.05) is 5.32 Å². The Balaban J connectivity index is 0.00000324. The largest absolute Gasteiger partial charge is 0.328 e. The predicted octanol–water partition coefficient (Wildman–Crippen LogP) is 3.14. The van der Waals surface area contributed by atoms with E-state index in [2.05, 4.69) is 24.1 Å². The third kappa shape index (κ3) is 6.89. The molecule has 1 unspecified atom stereocenters. The van der Waals surface area contributed by atoms with Gasteiger partial charge in [-0.05, 0) is 32.6 Å². The van der Waals surface area contributed by atoms with Crippen LogP contribution in [0.5, 0.6) is 0 Å². The fraction of sp³-hybridized carbons (Fsp3) is 0.692. The van der Waals surface area contributed by atoms with E-state index in [-0.39, 0.29) is 24.4 Å². The minimum absolute atomic E-state index is 0. The summed E-state index contributed by atoms with van der Waals surface area (Å²) in [6, 6.07) is 0.0640. The molecule has 0 aliphatic carbocycles. The van der Waals surface area contributed by atoms with Gasteiger partial charge in [-0.15, -0.1) is 23.7 Å². The molecule has 19 heavy (non-hydrogen) atoms. The molecule has 0 saturated carbocycles. The first-order valence-corrected chi connectivity index (χ1v) is 7.22. The van der Waals surface area contributed by atoms with E-state index in [0.717, 1.165) is 22.1 Å². The van der Waals surface area contributed by atoms with Crippen LogP contribution in [0.3, 0.4) is 0 Å². The molecule has 0 aromatic carbocycles. The summed E-state index contributed by atoms with van der Waals surface area (Å²) < 4.78 is 0. The summed E-state index contributed by atoms with van der Waals surface area (Å²) in [5.74, 6) is 0.562. The van der Waals surface area contributed by atoms with Crippen LogP contribution >= 0.6 is 23.7 Å². The van der Waals surface area contributed by atoms with Crippen LogP contribution in [0.1, 0.15) is 44.3 Å². The fourth-order valence-electron chi connectivity index (χ4n) is 1.64. The first kappa shape index (κ1) is 18.4. The molecule has 1 aromatic heterocycles. The van der Waals surface area contributed by atoms with Gasteiger partial charge in [0.2, 0.25) is 5.91 Å². The van der Waals surface area contributed by atoms with Crippen LogP contribution in [0, 0.1) is 12.8 Å². The third-order valence-electron chi connectivity index (χ3n) is 2.49. The normalized spacial score (nSPS) is 12.1. The third-order valence-corrected chi connectivity index (χ3v) is 3.41. The molecule has 1 rings (SSSR count). The lowest BCUT2D eigenvalue weighted by atomic mass is 10.1. The lowest BCUT2D eigenvalue weighted by Crippen LogP contribution is -2.19. The topological polar surface area (TPSA) is 68.0 Å². The average molecular weight is 306 g/mol. The van der Waals surface area contributed by atoms with Crippen LogP contribution in [-0.2, 0) is 11.2 Å². The van der Waals surface area contributed by atoms with Crippen molar-refractivity contribution in [3.05, 3.63) is 10.7 Å². The summed E-state index contributed by atoms with van der Waals surface area (Å²) >= 11 is 1.54. The number of carbonyl (C=O) groups excluding carboxylic acids is 1. The van der Waals surface area contributed by atoms with E-state index >= 15 is 0 Å². The molecule has 4 nitrogen and oxygen atoms in total. The number of nitrogens with zero attached hydrogens (tertiary/aromatic N) is 1. The molecule has 110 valence electrons. The number of thiazole rings is 1. The summed E-state index contributed by atoms with van der Waals surface area (Å²) in [6.07, 6.45) is 2.08. The molecule has 1 aromatic rings. The first-order valence-electron chi connectivity index (χ1n) is 6.40. The Bertz CT molecular complexity index is 405. The van der Waals surface area contributed by atoms with Gasteiger partial charge in [0.25, 0.3) is 0 Å². The molecular weight excluding hydrogens is 282 g/mol. The Morgan fingerprint density at radius 2 is 2.05 bits per heavy atom. The number of rotatable bonds is 6. The first-order chi connectivity index (χ1) is 8.38. The number of nitrogens with two attached hydrogens (primary N) is 1. The van der Waals surface area contributed by atoms with Crippen molar-refractivity contribution in [1.82, 2.24) is 4.98 Å². The standard InChI is InChI=1S/C13H23N3OS.ClH/c1-8(2)7-11-13(18-10(4)15-11)16-12(17)6-5-9(3)14;/h8-9H,5-7,14H2,1-4H3,(H,16,17);1H. The number of nitrogens with one attached hydrogen (secondary N) is 1. The molecule has 1 atom stereocenters. The van der Waals surface area contributed by atoms with Gasteiger partial charge in [0.1, 0.15) is 5.00 Å². The van der Waals surface area contributed by atoms with Crippen molar-refractivity contribution >= 4 is 34.7 Å². The molecule has 1 amide bonds. The van der Waals surface area contributed by atoms with E-state index in [1.165, 1.54) is 0 Å². The van der Waals surface area contributed by atoms with E-state index < -0.39 is 0 Å². The minimum atomic E-state index is 0. The highest BCUT2D eigenvalue weighted by Gasteiger charge is 2.13. The maximum Gasteiger partial charge on any atom is 0.225 e. The van der Waals surface area contributed by atoms with Gasteiger partial charge in [-0.3, -0.25) is 4.79 Å². The van der Waals surface area contributed by atoms with Crippen LogP contribution in [0.2, 0.25) is 0 Å². The van der Waals surface area contributed by atoms with Crippen LogP contribution in [0.15, 0.2) is 0 Å². The highest BCUT2D eigenvalue weighted by atomic mass is 35.5. The SMILES string of the molecule is Cc1nc(CC(C)C)c(NC(=O)CCC(C)N)s1.Cl. The number of aryl methyl sites for hydroxylation is 1. The summed E-state index contributed by atoms with van der Waals surface area (Å²) in [5, 5.41) is 4.85. The van der Waals surface area contributed by atoms with Crippen molar-refractivity contribution < 1.29 is 4.79 Å². The number of amides is 1. The van der Waals surface area contributed by atoms with Gasteiger partial charge in [-0.25, -0.2) is 4.98 Å². The summed E-state index contributed by atoms with van der Waals surface area (Å²) in [5.41, 5.74) is 6.65. The van der Waals surface area contributed by atoms with Crippen molar-refractivity contribution in [2.45, 2.75) is 53.0 Å². The number of anilines is 1. The van der Waals surface area contributed by atoms with Crippen molar-refractivity contribution in [2.24, 2.45) is 11.7 Å². The number of hydrogen-bond acceptors (Lipinski definition) is 4. The second-order valence-electron chi connectivity index (χ2n) is 5.17. The molecule has 1 heterocycles. The Morgan fingerprint density at radius 3 is 2.58 bits per heavy atom. The van der Waals surface area contributed by atoms with Crippen LogP contribution in [-0.4, -0.2) is 16.9 Å². The van der Waals surface area contributed by atoms with Gasteiger partial charge >= 0.3 is 0 Å². The second kappa shape index (κ2) is 8.51. The van der Waals surface area contributed by atoms with Gasteiger partial charge in [0.05, 0.1) is 10.7 Å². The van der Waals surface area contributed by atoms with Gasteiger partial charge in [-0.1, -0.05) is 13.8 Å². The lowest BCUT2D eigenvalue weighted by molar-refractivity contribution is -0.116. The highest BCUT2D eigenvalue weighted by molar-refractivity contribution is 7.16. The molecule has 0 bridgehead atoms. The maximum absolute atomic E-state index is 11.8. The van der Waals surface area contributed by atoms with Crippen molar-refractivity contribution in [1.29, 1.82) is 0 Å². The van der Waals surface area contributed by atoms with Crippen LogP contribution in [0.4, 0.5) is 5.00 Å². The van der Waals surface area contributed by atoms with Gasteiger partial charge in [-0.2, -0.15) is 0 Å². The smallest absolute Gasteiger partial charge is 0.225 e. The zero-order chi connectivity index (χ0) is 13.7. The molecule has 0 spiro atoms. The number of aromatic nitrogens is 1.